The molecule has 0 spiro atoms. The Morgan fingerprint density at radius 3 is 2.18 bits per heavy atom. The topological polar surface area (TPSA) is 77.8 Å². The lowest BCUT2D eigenvalue weighted by Gasteiger charge is -2.26. The predicted molar refractivity (Wildman–Crippen MR) is 39.1 cm³/mol. The SMILES string of the molecule is CCC(C(=O)O)C(C)(O)CO. The van der Waals surface area contributed by atoms with E-state index in [-0.39, 0.29) is 0 Å². The number of aliphatic carboxylic acids is 1. The minimum Gasteiger partial charge on any atom is -0.481 e. The zero-order chi connectivity index (χ0) is 9.07. The zero-order valence-electron chi connectivity index (χ0n) is 6.74. The van der Waals surface area contributed by atoms with Crippen LogP contribution in [-0.4, -0.2) is 33.5 Å². The van der Waals surface area contributed by atoms with Crippen molar-refractivity contribution in [1.29, 1.82) is 0 Å². The quantitative estimate of drug-likeness (QED) is 0.536. The van der Waals surface area contributed by atoms with E-state index in [1.807, 2.05) is 0 Å². The first-order valence-electron chi connectivity index (χ1n) is 3.51. The van der Waals surface area contributed by atoms with E-state index in [2.05, 4.69) is 0 Å². The van der Waals surface area contributed by atoms with Gasteiger partial charge in [0.15, 0.2) is 0 Å². The number of aliphatic hydroxyl groups excluding tert-OH is 1. The molecule has 0 aromatic carbocycles. The Morgan fingerprint density at radius 1 is 1.64 bits per heavy atom. The molecule has 0 radical (unpaired) electrons. The third-order valence-electron chi connectivity index (χ3n) is 1.78. The normalized spacial score (nSPS) is 18.9. The Hall–Kier alpha value is -0.610. The summed E-state index contributed by atoms with van der Waals surface area (Å²) in [7, 11) is 0. The van der Waals surface area contributed by atoms with Crippen molar-refractivity contribution in [3.8, 4) is 0 Å². The Bertz CT molecular complexity index is 141. The maximum absolute atomic E-state index is 10.5. The summed E-state index contributed by atoms with van der Waals surface area (Å²) in [5.74, 6) is -1.97. The van der Waals surface area contributed by atoms with Crippen molar-refractivity contribution in [2.75, 3.05) is 6.61 Å². The molecule has 66 valence electrons. The van der Waals surface area contributed by atoms with Gasteiger partial charge >= 0.3 is 5.97 Å². The number of hydrogen-bond acceptors (Lipinski definition) is 3. The third kappa shape index (κ3) is 2.48. The van der Waals surface area contributed by atoms with E-state index in [1.54, 1.807) is 6.92 Å². The van der Waals surface area contributed by atoms with Gasteiger partial charge in [-0.1, -0.05) is 6.92 Å². The van der Waals surface area contributed by atoms with Crippen molar-refractivity contribution in [2.24, 2.45) is 5.92 Å². The highest BCUT2D eigenvalue weighted by Gasteiger charge is 2.35. The summed E-state index contributed by atoms with van der Waals surface area (Å²) in [6, 6.07) is 0. The van der Waals surface area contributed by atoms with Crippen LogP contribution in [-0.2, 0) is 4.79 Å². The van der Waals surface area contributed by atoms with E-state index in [1.165, 1.54) is 6.92 Å². The molecule has 0 saturated carbocycles. The van der Waals surface area contributed by atoms with Gasteiger partial charge in [0.2, 0.25) is 0 Å². The first-order chi connectivity index (χ1) is 4.95. The molecule has 0 aliphatic rings. The van der Waals surface area contributed by atoms with E-state index >= 15 is 0 Å². The molecule has 0 aliphatic carbocycles. The van der Waals surface area contributed by atoms with Crippen LogP contribution in [0.15, 0.2) is 0 Å². The summed E-state index contributed by atoms with van der Waals surface area (Å²) in [4.78, 5) is 10.5. The van der Waals surface area contributed by atoms with Crippen LogP contribution in [0.4, 0.5) is 0 Å². The van der Waals surface area contributed by atoms with E-state index in [0.29, 0.717) is 6.42 Å². The van der Waals surface area contributed by atoms with E-state index < -0.39 is 24.1 Å². The van der Waals surface area contributed by atoms with E-state index in [0.717, 1.165) is 0 Å². The Labute approximate surface area is 65.5 Å². The summed E-state index contributed by atoms with van der Waals surface area (Å²) in [5.41, 5.74) is -1.51. The lowest BCUT2D eigenvalue weighted by molar-refractivity contribution is -0.154. The summed E-state index contributed by atoms with van der Waals surface area (Å²) in [5, 5.41) is 26.5. The second kappa shape index (κ2) is 3.69. The summed E-state index contributed by atoms with van der Waals surface area (Å²) in [6.07, 6.45) is 0.308. The molecule has 0 amide bonds. The Morgan fingerprint density at radius 2 is 2.09 bits per heavy atom. The van der Waals surface area contributed by atoms with Crippen LogP contribution in [0.25, 0.3) is 0 Å². The molecule has 2 unspecified atom stereocenters. The molecule has 0 rings (SSSR count). The monoisotopic (exact) mass is 162 g/mol. The molecule has 3 N–H and O–H groups in total. The van der Waals surface area contributed by atoms with Crippen LogP contribution in [0.2, 0.25) is 0 Å². The molecule has 0 saturated heterocycles. The van der Waals surface area contributed by atoms with Gasteiger partial charge in [0.05, 0.1) is 18.1 Å². The van der Waals surface area contributed by atoms with Crippen LogP contribution in [0.1, 0.15) is 20.3 Å². The number of aliphatic hydroxyl groups is 2. The maximum atomic E-state index is 10.5. The van der Waals surface area contributed by atoms with Gasteiger partial charge in [0, 0.05) is 0 Å². The van der Waals surface area contributed by atoms with Gasteiger partial charge in [-0.15, -0.1) is 0 Å². The van der Waals surface area contributed by atoms with Crippen molar-refractivity contribution in [3.63, 3.8) is 0 Å². The number of carboxylic acids is 1. The van der Waals surface area contributed by atoms with Crippen molar-refractivity contribution >= 4 is 5.97 Å². The molecule has 0 bridgehead atoms. The molecular weight excluding hydrogens is 148 g/mol. The molecule has 2 atom stereocenters. The molecule has 11 heavy (non-hydrogen) atoms. The Kier molecular flexibility index (Phi) is 3.48. The second-order valence-corrected chi connectivity index (χ2v) is 2.81. The minimum atomic E-state index is -1.51. The predicted octanol–water partition coefficient (Wildman–Crippen LogP) is -0.160. The average Bonchev–Trinajstić information content (AvgIpc) is 1.88. The van der Waals surface area contributed by atoms with Gasteiger partial charge in [-0.2, -0.15) is 0 Å². The first-order valence-corrected chi connectivity index (χ1v) is 3.51. The summed E-state index contributed by atoms with van der Waals surface area (Å²) in [6.45, 7) is 2.44. The number of rotatable bonds is 4. The third-order valence-corrected chi connectivity index (χ3v) is 1.78. The summed E-state index contributed by atoms with van der Waals surface area (Å²) < 4.78 is 0. The maximum Gasteiger partial charge on any atom is 0.309 e. The molecule has 0 aliphatic heterocycles. The highest BCUT2D eigenvalue weighted by atomic mass is 16.4. The molecule has 0 heterocycles. The minimum absolute atomic E-state index is 0.308. The standard InChI is InChI=1S/C7H14O4/c1-3-5(6(9)10)7(2,11)4-8/h5,8,11H,3-4H2,1-2H3,(H,9,10). The van der Waals surface area contributed by atoms with Gasteiger partial charge in [0.1, 0.15) is 0 Å². The fourth-order valence-corrected chi connectivity index (χ4v) is 0.991. The van der Waals surface area contributed by atoms with Crippen LogP contribution < -0.4 is 0 Å². The van der Waals surface area contributed by atoms with Crippen LogP contribution in [0.3, 0.4) is 0 Å². The molecule has 0 fully saturated rings. The van der Waals surface area contributed by atoms with E-state index in [4.69, 9.17) is 10.2 Å². The molecule has 0 aromatic heterocycles. The number of carboxylic acid groups (broad SMARTS) is 1. The lowest BCUT2D eigenvalue weighted by Crippen LogP contribution is -2.42. The number of hydrogen-bond donors (Lipinski definition) is 3. The zero-order valence-corrected chi connectivity index (χ0v) is 6.74. The highest BCUT2D eigenvalue weighted by molar-refractivity contribution is 5.71. The summed E-state index contributed by atoms with van der Waals surface area (Å²) >= 11 is 0. The van der Waals surface area contributed by atoms with Gasteiger partial charge in [-0.25, -0.2) is 0 Å². The van der Waals surface area contributed by atoms with Gasteiger partial charge in [0.25, 0.3) is 0 Å². The van der Waals surface area contributed by atoms with Crippen LogP contribution in [0, 0.1) is 5.92 Å². The van der Waals surface area contributed by atoms with Crippen molar-refractivity contribution < 1.29 is 20.1 Å². The second-order valence-electron chi connectivity index (χ2n) is 2.81. The largest absolute Gasteiger partial charge is 0.481 e. The van der Waals surface area contributed by atoms with Crippen molar-refractivity contribution in [1.82, 2.24) is 0 Å². The van der Waals surface area contributed by atoms with Gasteiger partial charge in [-0.3, -0.25) is 4.79 Å². The van der Waals surface area contributed by atoms with Gasteiger partial charge < -0.3 is 15.3 Å². The van der Waals surface area contributed by atoms with Crippen molar-refractivity contribution in [2.45, 2.75) is 25.9 Å². The molecular formula is C7H14O4. The van der Waals surface area contributed by atoms with Crippen molar-refractivity contribution in [3.05, 3.63) is 0 Å². The highest BCUT2D eigenvalue weighted by Crippen LogP contribution is 2.19. The fourth-order valence-electron chi connectivity index (χ4n) is 0.991. The van der Waals surface area contributed by atoms with Crippen LogP contribution >= 0.6 is 0 Å². The molecule has 4 nitrogen and oxygen atoms in total. The first kappa shape index (κ1) is 10.4. The lowest BCUT2D eigenvalue weighted by atomic mass is 9.88. The van der Waals surface area contributed by atoms with Crippen LogP contribution in [0.5, 0.6) is 0 Å². The molecule has 0 aromatic rings. The smallest absolute Gasteiger partial charge is 0.309 e. The van der Waals surface area contributed by atoms with Gasteiger partial charge in [-0.05, 0) is 13.3 Å². The fraction of sp³-hybridized carbons (Fsp3) is 0.857. The number of carbonyl (C=O) groups is 1. The molecule has 4 heteroatoms. The Balaban J connectivity index is 4.36. The van der Waals surface area contributed by atoms with E-state index in [9.17, 15) is 9.90 Å². The average molecular weight is 162 g/mol.